The molecule has 2 heterocycles. The number of ether oxygens (including phenoxy) is 2. The highest BCUT2D eigenvalue weighted by molar-refractivity contribution is 4.85. The summed E-state index contributed by atoms with van der Waals surface area (Å²) in [7, 11) is 1.79. The molecule has 2 fully saturated rings. The first-order chi connectivity index (χ1) is 9.19. The van der Waals surface area contributed by atoms with Gasteiger partial charge in [-0.3, -0.25) is 4.90 Å². The number of hydrogen-bond acceptors (Lipinski definition) is 4. The van der Waals surface area contributed by atoms with Gasteiger partial charge in [0.05, 0.1) is 18.8 Å². The van der Waals surface area contributed by atoms with Gasteiger partial charge >= 0.3 is 0 Å². The van der Waals surface area contributed by atoms with Gasteiger partial charge in [0.2, 0.25) is 0 Å². The summed E-state index contributed by atoms with van der Waals surface area (Å²) >= 11 is 0. The van der Waals surface area contributed by atoms with E-state index in [9.17, 15) is 0 Å². The van der Waals surface area contributed by atoms with Gasteiger partial charge in [-0.25, -0.2) is 0 Å². The molecule has 0 bridgehead atoms. The van der Waals surface area contributed by atoms with Crippen LogP contribution in [0.3, 0.4) is 0 Å². The van der Waals surface area contributed by atoms with Crippen molar-refractivity contribution in [3.63, 3.8) is 0 Å². The predicted octanol–water partition coefficient (Wildman–Crippen LogP) is 1.64. The molecule has 4 heteroatoms. The normalized spacial score (nSPS) is 36.0. The Hall–Kier alpha value is -0.160. The maximum Gasteiger partial charge on any atom is 0.0589 e. The standard InChI is InChI=1S/C15H30N2O2/c1-12-9-15(10-13(2)19-12)17(7-8-18-3)11-14-5-4-6-16-14/h12-16H,4-11H2,1-3H3. The lowest BCUT2D eigenvalue weighted by atomic mass is 9.97. The van der Waals surface area contributed by atoms with Gasteiger partial charge in [0.25, 0.3) is 0 Å². The third-order valence-corrected chi connectivity index (χ3v) is 4.39. The molecule has 1 N–H and O–H groups in total. The molecule has 3 unspecified atom stereocenters. The molecule has 0 spiro atoms. The molecule has 0 aromatic heterocycles. The molecule has 0 amide bonds. The molecule has 0 radical (unpaired) electrons. The lowest BCUT2D eigenvalue weighted by Crippen LogP contribution is -2.49. The van der Waals surface area contributed by atoms with Crippen molar-refractivity contribution in [1.29, 1.82) is 0 Å². The summed E-state index contributed by atoms with van der Waals surface area (Å²) in [6, 6.07) is 1.32. The Morgan fingerprint density at radius 3 is 2.58 bits per heavy atom. The second kappa shape index (κ2) is 7.58. The number of methoxy groups -OCH3 is 1. The van der Waals surface area contributed by atoms with Crippen LogP contribution in [0.2, 0.25) is 0 Å². The van der Waals surface area contributed by atoms with Gasteiger partial charge in [-0.15, -0.1) is 0 Å². The molecule has 0 aromatic carbocycles. The monoisotopic (exact) mass is 270 g/mol. The van der Waals surface area contributed by atoms with E-state index in [2.05, 4.69) is 24.1 Å². The first-order valence-corrected chi connectivity index (χ1v) is 7.81. The topological polar surface area (TPSA) is 33.7 Å². The molecule has 0 aromatic rings. The Balaban J connectivity index is 1.90. The van der Waals surface area contributed by atoms with Gasteiger partial charge in [-0.1, -0.05) is 0 Å². The summed E-state index contributed by atoms with van der Waals surface area (Å²) in [4.78, 5) is 2.63. The highest BCUT2D eigenvalue weighted by Crippen LogP contribution is 2.24. The van der Waals surface area contributed by atoms with E-state index in [1.165, 1.54) is 19.4 Å². The zero-order valence-electron chi connectivity index (χ0n) is 12.7. The van der Waals surface area contributed by atoms with E-state index in [-0.39, 0.29) is 0 Å². The Labute approximate surface area is 117 Å². The molecular formula is C15H30N2O2. The van der Waals surface area contributed by atoms with E-state index in [0.29, 0.717) is 24.3 Å². The Morgan fingerprint density at radius 2 is 2.00 bits per heavy atom. The molecule has 0 aliphatic carbocycles. The fraction of sp³-hybridized carbons (Fsp3) is 1.00. The van der Waals surface area contributed by atoms with E-state index < -0.39 is 0 Å². The van der Waals surface area contributed by atoms with Crippen LogP contribution >= 0.6 is 0 Å². The zero-order chi connectivity index (χ0) is 13.7. The van der Waals surface area contributed by atoms with Gasteiger partial charge in [0.15, 0.2) is 0 Å². The molecule has 4 nitrogen and oxygen atoms in total. The predicted molar refractivity (Wildman–Crippen MR) is 77.5 cm³/mol. The van der Waals surface area contributed by atoms with Crippen molar-refractivity contribution in [3.8, 4) is 0 Å². The van der Waals surface area contributed by atoms with E-state index in [1.54, 1.807) is 7.11 Å². The minimum atomic E-state index is 0.385. The van der Waals surface area contributed by atoms with Gasteiger partial charge in [0, 0.05) is 32.3 Å². The Bertz CT molecular complexity index is 247. The summed E-state index contributed by atoms with van der Waals surface area (Å²) in [5, 5.41) is 3.61. The van der Waals surface area contributed by atoms with Crippen molar-refractivity contribution in [2.75, 3.05) is 33.4 Å². The van der Waals surface area contributed by atoms with Gasteiger partial charge in [-0.2, -0.15) is 0 Å². The van der Waals surface area contributed by atoms with Gasteiger partial charge in [-0.05, 0) is 46.1 Å². The molecule has 19 heavy (non-hydrogen) atoms. The fourth-order valence-corrected chi connectivity index (χ4v) is 3.50. The zero-order valence-corrected chi connectivity index (χ0v) is 12.7. The highest BCUT2D eigenvalue weighted by atomic mass is 16.5. The smallest absolute Gasteiger partial charge is 0.0589 e. The van der Waals surface area contributed by atoms with Crippen molar-refractivity contribution in [2.45, 2.75) is 63.8 Å². The average molecular weight is 270 g/mol. The van der Waals surface area contributed by atoms with Gasteiger partial charge < -0.3 is 14.8 Å². The number of rotatable bonds is 6. The van der Waals surface area contributed by atoms with Gasteiger partial charge in [0.1, 0.15) is 0 Å². The van der Waals surface area contributed by atoms with Crippen LogP contribution in [0.5, 0.6) is 0 Å². The van der Waals surface area contributed by atoms with E-state index in [1.807, 2.05) is 0 Å². The SMILES string of the molecule is COCCN(CC1CCCN1)C1CC(C)OC(C)C1. The minimum Gasteiger partial charge on any atom is -0.383 e. The lowest BCUT2D eigenvalue weighted by Gasteiger charge is -2.40. The van der Waals surface area contributed by atoms with Crippen LogP contribution < -0.4 is 5.32 Å². The second-order valence-corrected chi connectivity index (χ2v) is 6.16. The van der Waals surface area contributed by atoms with Crippen LogP contribution in [0.15, 0.2) is 0 Å². The maximum atomic E-state index is 5.87. The number of nitrogens with zero attached hydrogens (tertiary/aromatic N) is 1. The molecule has 3 atom stereocenters. The van der Waals surface area contributed by atoms with Crippen LogP contribution in [-0.4, -0.2) is 62.5 Å². The van der Waals surface area contributed by atoms with Crippen molar-refractivity contribution in [2.24, 2.45) is 0 Å². The maximum absolute atomic E-state index is 5.87. The van der Waals surface area contributed by atoms with Crippen LogP contribution in [-0.2, 0) is 9.47 Å². The highest BCUT2D eigenvalue weighted by Gasteiger charge is 2.30. The summed E-state index contributed by atoms with van der Waals surface area (Å²) < 4.78 is 11.2. The van der Waals surface area contributed by atoms with Crippen LogP contribution in [0.1, 0.15) is 39.5 Å². The second-order valence-electron chi connectivity index (χ2n) is 6.16. The Morgan fingerprint density at radius 1 is 1.26 bits per heavy atom. The van der Waals surface area contributed by atoms with E-state index in [0.717, 1.165) is 32.5 Å². The number of hydrogen-bond donors (Lipinski definition) is 1. The third kappa shape index (κ3) is 4.71. The molecule has 2 aliphatic heterocycles. The van der Waals surface area contributed by atoms with E-state index in [4.69, 9.17) is 9.47 Å². The molecule has 0 saturated carbocycles. The Kier molecular flexibility index (Phi) is 6.07. The summed E-state index contributed by atoms with van der Waals surface area (Å²) in [5.74, 6) is 0. The van der Waals surface area contributed by atoms with Crippen molar-refractivity contribution < 1.29 is 9.47 Å². The minimum absolute atomic E-state index is 0.385. The van der Waals surface area contributed by atoms with E-state index >= 15 is 0 Å². The van der Waals surface area contributed by atoms with Crippen LogP contribution in [0.25, 0.3) is 0 Å². The molecule has 2 rings (SSSR count). The molecule has 2 saturated heterocycles. The lowest BCUT2D eigenvalue weighted by molar-refractivity contribution is -0.0685. The molecule has 112 valence electrons. The third-order valence-electron chi connectivity index (χ3n) is 4.39. The van der Waals surface area contributed by atoms with Crippen LogP contribution in [0.4, 0.5) is 0 Å². The summed E-state index contributed by atoms with van der Waals surface area (Å²) in [6.07, 6.45) is 5.72. The quantitative estimate of drug-likeness (QED) is 0.795. The largest absolute Gasteiger partial charge is 0.383 e. The first-order valence-electron chi connectivity index (χ1n) is 7.81. The van der Waals surface area contributed by atoms with Crippen LogP contribution in [0, 0.1) is 0 Å². The van der Waals surface area contributed by atoms with Crippen molar-refractivity contribution in [3.05, 3.63) is 0 Å². The number of nitrogens with one attached hydrogen (secondary N) is 1. The summed E-state index contributed by atoms with van der Waals surface area (Å²) in [5.41, 5.74) is 0. The fourth-order valence-electron chi connectivity index (χ4n) is 3.50. The van der Waals surface area contributed by atoms with Crippen molar-refractivity contribution >= 4 is 0 Å². The first kappa shape index (κ1) is 15.2. The average Bonchev–Trinajstić information content (AvgIpc) is 2.86. The summed E-state index contributed by atoms with van der Waals surface area (Å²) in [6.45, 7) is 8.61. The van der Waals surface area contributed by atoms with Crippen molar-refractivity contribution in [1.82, 2.24) is 10.2 Å². The molecular weight excluding hydrogens is 240 g/mol. The molecule has 2 aliphatic rings.